The number of aryl methyl sites for hydroxylation is 1. The Bertz CT molecular complexity index is 847. The van der Waals surface area contributed by atoms with Crippen molar-refractivity contribution in [2.75, 3.05) is 13.1 Å². The van der Waals surface area contributed by atoms with Gasteiger partial charge in [0.2, 0.25) is 5.89 Å². The minimum atomic E-state index is 0.352. The van der Waals surface area contributed by atoms with Gasteiger partial charge < -0.3 is 9.26 Å². The van der Waals surface area contributed by atoms with Crippen LogP contribution in [0.25, 0.3) is 0 Å². The number of benzene rings is 2. The molecule has 0 spiro atoms. The summed E-state index contributed by atoms with van der Waals surface area (Å²) in [6.45, 7) is 5.28. The molecule has 26 heavy (non-hydrogen) atoms. The summed E-state index contributed by atoms with van der Waals surface area (Å²) < 4.78 is 11.2. The molecule has 5 nitrogen and oxygen atoms in total. The second-order valence-corrected chi connectivity index (χ2v) is 6.77. The van der Waals surface area contributed by atoms with E-state index in [1.807, 2.05) is 37.3 Å². The number of rotatable bonds is 6. The molecule has 1 aliphatic rings. The van der Waals surface area contributed by atoms with Gasteiger partial charge in [0.1, 0.15) is 12.4 Å². The quantitative estimate of drug-likeness (QED) is 0.674. The smallest absolute Gasteiger partial charge is 0.223 e. The highest BCUT2D eigenvalue weighted by Gasteiger charge is 2.27. The molecule has 0 amide bonds. The van der Waals surface area contributed by atoms with Gasteiger partial charge in [0.15, 0.2) is 5.82 Å². The second-order valence-electron chi connectivity index (χ2n) is 6.77. The van der Waals surface area contributed by atoms with E-state index in [9.17, 15) is 0 Å². The number of para-hydroxylation sites is 1. The summed E-state index contributed by atoms with van der Waals surface area (Å²) in [5.74, 6) is 2.77. The van der Waals surface area contributed by atoms with E-state index in [0.717, 1.165) is 37.6 Å². The summed E-state index contributed by atoms with van der Waals surface area (Å²) in [5.41, 5.74) is 2.39. The summed E-state index contributed by atoms with van der Waals surface area (Å²) in [6.07, 6.45) is 1.06. The van der Waals surface area contributed by atoms with Crippen LogP contribution in [0.3, 0.4) is 0 Å². The molecule has 0 N–H and O–H groups in total. The van der Waals surface area contributed by atoms with E-state index in [0.29, 0.717) is 18.4 Å². The normalized spacial score (nSPS) is 17.5. The first kappa shape index (κ1) is 16.8. The van der Waals surface area contributed by atoms with Crippen LogP contribution in [0.5, 0.6) is 5.75 Å². The SMILES string of the molecule is Cc1nc(C2CCN(Cc3ccccc3OCc3ccccc3)C2)no1. The molecule has 0 saturated carbocycles. The van der Waals surface area contributed by atoms with Crippen LogP contribution in [0.4, 0.5) is 0 Å². The van der Waals surface area contributed by atoms with Crippen LogP contribution in [0, 0.1) is 6.92 Å². The largest absolute Gasteiger partial charge is 0.489 e. The summed E-state index contributed by atoms with van der Waals surface area (Å²) in [5, 5.41) is 4.08. The predicted octanol–water partition coefficient (Wildman–Crippen LogP) is 3.95. The van der Waals surface area contributed by atoms with Gasteiger partial charge in [-0.05, 0) is 24.6 Å². The average molecular weight is 349 g/mol. The molecule has 1 atom stereocenters. The van der Waals surface area contributed by atoms with E-state index in [1.54, 1.807) is 0 Å². The first-order valence-electron chi connectivity index (χ1n) is 9.05. The molecular weight excluding hydrogens is 326 g/mol. The monoisotopic (exact) mass is 349 g/mol. The van der Waals surface area contributed by atoms with Crippen LogP contribution in [-0.4, -0.2) is 28.1 Å². The summed E-state index contributed by atoms with van der Waals surface area (Å²) in [6, 6.07) is 18.6. The van der Waals surface area contributed by atoms with Crippen molar-refractivity contribution in [1.29, 1.82) is 0 Å². The Morgan fingerprint density at radius 1 is 1.12 bits per heavy atom. The van der Waals surface area contributed by atoms with Gasteiger partial charge in [0, 0.05) is 31.5 Å². The third kappa shape index (κ3) is 3.94. The molecule has 134 valence electrons. The number of nitrogens with zero attached hydrogens (tertiary/aromatic N) is 3. The Kier molecular flexibility index (Phi) is 4.97. The summed E-state index contributed by atoms with van der Waals surface area (Å²) >= 11 is 0. The van der Waals surface area contributed by atoms with Gasteiger partial charge in [-0.3, -0.25) is 4.90 Å². The standard InChI is InChI=1S/C21H23N3O2/c1-16-22-21(23-26-16)19-11-12-24(14-19)13-18-9-5-6-10-20(18)25-15-17-7-3-2-4-8-17/h2-10,19H,11-15H2,1H3. The molecule has 2 heterocycles. The number of hydrogen-bond donors (Lipinski definition) is 0. The molecule has 0 aliphatic carbocycles. The fraction of sp³-hybridized carbons (Fsp3) is 0.333. The van der Waals surface area contributed by atoms with Crippen molar-refractivity contribution in [1.82, 2.24) is 15.0 Å². The zero-order chi connectivity index (χ0) is 17.8. The van der Waals surface area contributed by atoms with E-state index >= 15 is 0 Å². The molecule has 1 saturated heterocycles. The summed E-state index contributed by atoms with van der Waals surface area (Å²) in [7, 11) is 0. The van der Waals surface area contributed by atoms with Crippen molar-refractivity contribution in [3.8, 4) is 5.75 Å². The Labute approximate surface area is 153 Å². The van der Waals surface area contributed by atoms with E-state index in [2.05, 4.69) is 39.3 Å². The number of hydrogen-bond acceptors (Lipinski definition) is 5. The highest BCUT2D eigenvalue weighted by Crippen LogP contribution is 2.28. The van der Waals surface area contributed by atoms with Crippen LogP contribution in [0.15, 0.2) is 59.1 Å². The molecule has 2 aromatic carbocycles. The Morgan fingerprint density at radius 3 is 2.73 bits per heavy atom. The van der Waals surface area contributed by atoms with Crippen molar-refractivity contribution in [3.05, 3.63) is 77.4 Å². The molecule has 1 fully saturated rings. The van der Waals surface area contributed by atoms with Crippen LogP contribution in [0.1, 0.15) is 35.2 Å². The van der Waals surface area contributed by atoms with Crippen molar-refractivity contribution in [3.63, 3.8) is 0 Å². The lowest BCUT2D eigenvalue weighted by Crippen LogP contribution is -2.20. The Hall–Kier alpha value is -2.66. The third-order valence-corrected chi connectivity index (χ3v) is 4.78. The van der Waals surface area contributed by atoms with Gasteiger partial charge in [-0.2, -0.15) is 4.98 Å². The van der Waals surface area contributed by atoms with Crippen molar-refractivity contribution >= 4 is 0 Å². The highest BCUT2D eigenvalue weighted by molar-refractivity contribution is 5.33. The fourth-order valence-corrected chi connectivity index (χ4v) is 3.42. The lowest BCUT2D eigenvalue weighted by molar-refractivity contribution is 0.284. The molecule has 4 rings (SSSR count). The molecule has 3 aromatic rings. The number of ether oxygens (including phenoxy) is 1. The van der Waals surface area contributed by atoms with Gasteiger partial charge in [-0.15, -0.1) is 0 Å². The predicted molar refractivity (Wildman–Crippen MR) is 98.9 cm³/mol. The minimum Gasteiger partial charge on any atom is -0.489 e. The molecule has 1 unspecified atom stereocenters. The Morgan fingerprint density at radius 2 is 1.92 bits per heavy atom. The maximum atomic E-state index is 6.08. The zero-order valence-electron chi connectivity index (χ0n) is 15.0. The highest BCUT2D eigenvalue weighted by atomic mass is 16.5. The number of aromatic nitrogens is 2. The molecule has 1 aliphatic heterocycles. The first-order valence-corrected chi connectivity index (χ1v) is 9.05. The molecule has 0 bridgehead atoms. The maximum absolute atomic E-state index is 6.08. The fourth-order valence-electron chi connectivity index (χ4n) is 3.42. The molecule has 0 radical (unpaired) electrons. The van der Waals surface area contributed by atoms with Gasteiger partial charge >= 0.3 is 0 Å². The lowest BCUT2D eigenvalue weighted by Gasteiger charge is -2.18. The van der Waals surface area contributed by atoms with Crippen LogP contribution >= 0.6 is 0 Å². The Balaban J connectivity index is 1.39. The van der Waals surface area contributed by atoms with E-state index in [4.69, 9.17) is 9.26 Å². The third-order valence-electron chi connectivity index (χ3n) is 4.78. The maximum Gasteiger partial charge on any atom is 0.223 e. The number of likely N-dealkylation sites (tertiary alicyclic amines) is 1. The van der Waals surface area contributed by atoms with E-state index in [-0.39, 0.29) is 0 Å². The van der Waals surface area contributed by atoms with E-state index in [1.165, 1.54) is 11.1 Å². The van der Waals surface area contributed by atoms with E-state index < -0.39 is 0 Å². The molecule has 5 heteroatoms. The van der Waals surface area contributed by atoms with Gasteiger partial charge in [0.25, 0.3) is 0 Å². The van der Waals surface area contributed by atoms with Crippen molar-refractivity contribution in [2.45, 2.75) is 32.4 Å². The lowest BCUT2D eigenvalue weighted by atomic mass is 10.1. The average Bonchev–Trinajstić information content (AvgIpc) is 3.31. The van der Waals surface area contributed by atoms with Gasteiger partial charge in [-0.25, -0.2) is 0 Å². The minimum absolute atomic E-state index is 0.352. The van der Waals surface area contributed by atoms with Crippen LogP contribution < -0.4 is 4.74 Å². The van der Waals surface area contributed by atoms with Crippen molar-refractivity contribution in [2.24, 2.45) is 0 Å². The zero-order valence-corrected chi connectivity index (χ0v) is 15.0. The molecule has 1 aromatic heterocycles. The second kappa shape index (κ2) is 7.70. The van der Waals surface area contributed by atoms with Gasteiger partial charge in [-0.1, -0.05) is 53.7 Å². The first-order chi connectivity index (χ1) is 12.8. The topological polar surface area (TPSA) is 51.4 Å². The van der Waals surface area contributed by atoms with Crippen LogP contribution in [-0.2, 0) is 13.2 Å². The van der Waals surface area contributed by atoms with Crippen LogP contribution in [0.2, 0.25) is 0 Å². The van der Waals surface area contributed by atoms with Crippen molar-refractivity contribution < 1.29 is 9.26 Å². The molecular formula is C21H23N3O2. The van der Waals surface area contributed by atoms with Gasteiger partial charge in [0.05, 0.1) is 0 Å². The summed E-state index contributed by atoms with van der Waals surface area (Å²) in [4.78, 5) is 6.82.